The molecule has 0 N–H and O–H groups in total. The molecule has 9 nitrogen and oxygen atoms in total. The van der Waals surface area contributed by atoms with E-state index < -0.39 is 0 Å². The van der Waals surface area contributed by atoms with E-state index in [0.29, 0.717) is 53.2 Å². The Morgan fingerprint density at radius 3 is 2.65 bits per heavy atom. The zero-order valence-corrected chi connectivity index (χ0v) is 24.5. The molecular weight excluding hydrogens is 576 g/mol. The number of esters is 1. The Kier molecular flexibility index (Phi) is 8.07. The van der Waals surface area contributed by atoms with Crippen LogP contribution in [0.4, 0.5) is 0 Å². The van der Waals surface area contributed by atoms with Gasteiger partial charge in [-0.25, -0.2) is 4.68 Å². The van der Waals surface area contributed by atoms with Gasteiger partial charge in [0, 0.05) is 30.5 Å². The number of fused-ring (bicyclic) bond motifs is 2. The van der Waals surface area contributed by atoms with Gasteiger partial charge in [0.1, 0.15) is 22.5 Å². The van der Waals surface area contributed by atoms with Crippen LogP contribution in [0.3, 0.4) is 0 Å². The molecule has 2 heterocycles. The van der Waals surface area contributed by atoms with Crippen molar-refractivity contribution >= 4 is 38.8 Å². The van der Waals surface area contributed by atoms with E-state index in [1.807, 2.05) is 30.1 Å². The van der Waals surface area contributed by atoms with E-state index in [-0.39, 0.29) is 24.2 Å². The molecule has 1 aromatic heterocycles. The quantitative estimate of drug-likeness (QED) is 0.259. The molecule has 0 spiro atoms. The lowest BCUT2D eigenvalue weighted by Gasteiger charge is -2.32. The zero-order chi connectivity index (χ0) is 28.4. The van der Waals surface area contributed by atoms with Gasteiger partial charge in [-0.05, 0) is 81.9 Å². The molecule has 5 rings (SSSR count). The minimum absolute atomic E-state index is 0.0495. The monoisotopic (exact) mass is 606 g/mol. The van der Waals surface area contributed by atoms with Crippen molar-refractivity contribution in [3.8, 4) is 11.5 Å². The van der Waals surface area contributed by atoms with Crippen LogP contribution in [0.15, 0.2) is 53.0 Å². The first-order chi connectivity index (χ1) is 19.3. The average Bonchev–Trinajstić information content (AvgIpc) is 3.35. The Hall–Kier alpha value is -3.92. The smallest absolute Gasteiger partial charge is 0.306 e. The topological polar surface area (TPSA) is 95.8 Å². The molecule has 1 aliphatic rings. The average molecular weight is 608 g/mol. The molecule has 3 aromatic carbocycles. The van der Waals surface area contributed by atoms with Crippen molar-refractivity contribution in [1.29, 1.82) is 0 Å². The van der Waals surface area contributed by atoms with Crippen LogP contribution in [0.25, 0.3) is 11.0 Å². The van der Waals surface area contributed by atoms with Crippen LogP contribution in [0.2, 0.25) is 0 Å². The predicted octanol–water partition coefficient (Wildman–Crippen LogP) is 5.03. The van der Waals surface area contributed by atoms with Crippen LogP contribution in [-0.4, -0.2) is 59.1 Å². The van der Waals surface area contributed by atoms with Crippen molar-refractivity contribution in [1.82, 2.24) is 19.9 Å². The number of carbonyl (C=O) groups excluding carboxylic acids is 2. The number of carbonyl (C=O) groups is 2. The van der Waals surface area contributed by atoms with Crippen LogP contribution in [0.5, 0.6) is 11.5 Å². The normalized spacial score (nSPS) is 13.6. The summed E-state index contributed by atoms with van der Waals surface area (Å²) in [4.78, 5) is 28.1. The minimum Gasteiger partial charge on any atom is -0.497 e. The summed E-state index contributed by atoms with van der Waals surface area (Å²) < 4.78 is 18.7. The molecule has 0 fully saturated rings. The third-order valence-electron chi connectivity index (χ3n) is 7.36. The van der Waals surface area contributed by atoms with E-state index in [1.54, 1.807) is 44.0 Å². The highest BCUT2D eigenvalue weighted by Gasteiger charge is 2.29. The number of amides is 1. The fourth-order valence-electron chi connectivity index (χ4n) is 5.43. The summed E-state index contributed by atoms with van der Waals surface area (Å²) >= 11 is 3.52. The summed E-state index contributed by atoms with van der Waals surface area (Å²) in [6, 6.07) is 15.4. The molecule has 0 saturated heterocycles. The third kappa shape index (κ3) is 5.28. The van der Waals surface area contributed by atoms with Gasteiger partial charge in [-0.3, -0.25) is 9.59 Å². The van der Waals surface area contributed by atoms with Crippen molar-refractivity contribution in [3.63, 3.8) is 0 Å². The highest BCUT2D eigenvalue weighted by Crippen LogP contribution is 2.38. The van der Waals surface area contributed by atoms with E-state index in [0.717, 1.165) is 27.8 Å². The number of hydrogen-bond acceptors (Lipinski definition) is 7. The highest BCUT2D eigenvalue weighted by molar-refractivity contribution is 9.10. The van der Waals surface area contributed by atoms with Gasteiger partial charge in [0.2, 0.25) is 0 Å². The largest absolute Gasteiger partial charge is 0.497 e. The Labute approximate surface area is 241 Å². The van der Waals surface area contributed by atoms with Crippen LogP contribution in [0.1, 0.15) is 51.9 Å². The molecule has 0 bridgehead atoms. The first kappa shape index (κ1) is 27.6. The molecule has 1 atom stereocenters. The molecule has 10 heteroatoms. The Morgan fingerprint density at radius 2 is 1.93 bits per heavy atom. The number of methoxy groups -OCH3 is 2. The number of ether oxygens (including phenoxy) is 3. The zero-order valence-electron chi connectivity index (χ0n) is 22.9. The highest BCUT2D eigenvalue weighted by atomic mass is 79.9. The van der Waals surface area contributed by atoms with Gasteiger partial charge in [0.05, 0.1) is 32.8 Å². The molecular formula is C30H31BrN4O5. The molecule has 0 aliphatic carbocycles. The van der Waals surface area contributed by atoms with Crippen LogP contribution in [0, 0.1) is 0 Å². The molecule has 4 aromatic rings. The summed E-state index contributed by atoms with van der Waals surface area (Å²) in [6.07, 6.45) is 0.829. The van der Waals surface area contributed by atoms with Crippen molar-refractivity contribution in [2.75, 3.05) is 27.4 Å². The summed E-state index contributed by atoms with van der Waals surface area (Å²) in [5, 5.41) is 8.45. The number of halogens is 1. The molecule has 1 aliphatic heterocycles. The van der Waals surface area contributed by atoms with E-state index in [1.165, 1.54) is 0 Å². The van der Waals surface area contributed by atoms with E-state index in [2.05, 4.69) is 38.4 Å². The lowest BCUT2D eigenvalue weighted by molar-refractivity contribution is -0.143. The number of benzene rings is 3. The van der Waals surface area contributed by atoms with E-state index in [4.69, 9.17) is 14.2 Å². The maximum atomic E-state index is 13.4. The fraction of sp³-hybridized carbons (Fsp3) is 0.333. The molecule has 40 heavy (non-hydrogen) atoms. The van der Waals surface area contributed by atoms with Crippen molar-refractivity contribution in [2.45, 2.75) is 32.2 Å². The van der Waals surface area contributed by atoms with Gasteiger partial charge in [0.25, 0.3) is 5.91 Å². The summed E-state index contributed by atoms with van der Waals surface area (Å²) in [7, 11) is 5.03. The number of aromatic nitrogens is 3. The predicted molar refractivity (Wildman–Crippen MR) is 154 cm³/mol. The fourth-order valence-corrected chi connectivity index (χ4v) is 5.96. The van der Waals surface area contributed by atoms with Crippen LogP contribution >= 0.6 is 15.9 Å². The lowest BCUT2D eigenvalue weighted by Crippen LogP contribution is -2.36. The second-order valence-electron chi connectivity index (χ2n) is 9.67. The first-order valence-corrected chi connectivity index (χ1v) is 13.9. The SMILES string of the molecule is CCOC(=O)C[C@H](c1cc(OC)c2c(c1)nnn2C)c1cccc2c1CCN(C(=O)c1ccc(OC)cc1Br)C2. The molecule has 208 valence electrons. The maximum Gasteiger partial charge on any atom is 0.306 e. The summed E-state index contributed by atoms with van der Waals surface area (Å²) in [5.41, 5.74) is 6.20. The molecule has 0 unspecified atom stereocenters. The lowest BCUT2D eigenvalue weighted by atomic mass is 9.82. The van der Waals surface area contributed by atoms with Crippen molar-refractivity contribution in [3.05, 3.63) is 80.8 Å². The standard InChI is InChI=1S/C30H31BrN4O5/c1-5-40-28(36)16-24(19-13-26-29(27(14-19)39-4)34(2)33-32-26)22-8-6-7-18-17-35(12-11-21(18)22)30(37)23-10-9-20(38-3)15-25(23)31/h6-10,13-15,24H,5,11-12,16-17H2,1-4H3/t24-/m1/s1. The van der Waals surface area contributed by atoms with Gasteiger partial charge < -0.3 is 19.1 Å². The van der Waals surface area contributed by atoms with Gasteiger partial charge in [-0.15, -0.1) is 5.10 Å². The Balaban J connectivity index is 1.52. The summed E-state index contributed by atoms with van der Waals surface area (Å²) in [5.74, 6) is 0.709. The van der Waals surface area contributed by atoms with Crippen LogP contribution < -0.4 is 9.47 Å². The third-order valence-corrected chi connectivity index (χ3v) is 8.01. The number of nitrogens with zero attached hydrogens (tertiary/aromatic N) is 4. The first-order valence-electron chi connectivity index (χ1n) is 13.1. The van der Waals surface area contributed by atoms with Gasteiger partial charge >= 0.3 is 5.97 Å². The van der Waals surface area contributed by atoms with Gasteiger partial charge in [0.15, 0.2) is 0 Å². The number of hydrogen-bond donors (Lipinski definition) is 0. The molecule has 0 saturated carbocycles. The van der Waals surface area contributed by atoms with Crippen molar-refractivity contribution < 1.29 is 23.8 Å². The summed E-state index contributed by atoms with van der Waals surface area (Å²) in [6.45, 7) is 3.14. The van der Waals surface area contributed by atoms with Gasteiger partial charge in [-0.1, -0.05) is 23.4 Å². The molecule has 1 amide bonds. The maximum absolute atomic E-state index is 13.4. The van der Waals surface area contributed by atoms with Gasteiger partial charge in [-0.2, -0.15) is 0 Å². The second kappa shape index (κ2) is 11.7. The second-order valence-corrected chi connectivity index (χ2v) is 10.5. The van der Waals surface area contributed by atoms with E-state index >= 15 is 0 Å². The number of rotatable bonds is 8. The Bertz CT molecular complexity index is 1580. The molecule has 0 radical (unpaired) electrons. The number of aryl methyl sites for hydroxylation is 1. The minimum atomic E-state index is -0.285. The van der Waals surface area contributed by atoms with E-state index in [9.17, 15) is 9.59 Å². The Morgan fingerprint density at radius 1 is 1.10 bits per heavy atom. The van der Waals surface area contributed by atoms with Crippen molar-refractivity contribution in [2.24, 2.45) is 7.05 Å². The van der Waals surface area contributed by atoms with Crippen LogP contribution in [-0.2, 0) is 29.5 Å².